The van der Waals surface area contributed by atoms with E-state index in [1.165, 1.54) is 0 Å². The van der Waals surface area contributed by atoms with Crippen LogP contribution in [0.25, 0.3) is 0 Å². The number of fused-ring (bicyclic) bond motifs is 1. The molecule has 0 radical (unpaired) electrons. The van der Waals surface area contributed by atoms with Crippen LogP contribution in [0, 0.1) is 11.8 Å². The molecule has 2 fully saturated rings. The first-order valence-electron chi connectivity index (χ1n) is 7.10. The molecule has 2 saturated heterocycles. The summed E-state index contributed by atoms with van der Waals surface area (Å²) in [6.07, 6.45) is 0.415. The van der Waals surface area contributed by atoms with Crippen LogP contribution in [-0.2, 0) is 4.79 Å². The number of rotatable bonds is 4. The predicted octanol–water partition coefficient (Wildman–Crippen LogP) is 2.21. The number of nitrogens with one attached hydrogen (secondary N) is 1. The zero-order chi connectivity index (χ0) is 13.9. The van der Waals surface area contributed by atoms with Gasteiger partial charge in [0.25, 0.3) is 0 Å². The van der Waals surface area contributed by atoms with E-state index in [-0.39, 0.29) is 18.3 Å². The van der Waals surface area contributed by atoms with Crippen LogP contribution in [0.1, 0.15) is 6.42 Å². The SMILES string of the molecule is Cl.O=C(CCOc1ccccc1Cl)N1C[C@H]2CNC[C@H]2C1. The van der Waals surface area contributed by atoms with E-state index in [0.29, 0.717) is 35.6 Å². The Bertz CT molecular complexity index is 486. The van der Waals surface area contributed by atoms with Gasteiger partial charge in [-0.15, -0.1) is 12.4 Å². The Kier molecular flexibility index (Phi) is 5.73. The van der Waals surface area contributed by atoms with Gasteiger partial charge in [-0.05, 0) is 24.0 Å². The summed E-state index contributed by atoms with van der Waals surface area (Å²) in [5.74, 6) is 2.11. The topological polar surface area (TPSA) is 41.6 Å². The molecule has 0 aromatic heterocycles. The number of likely N-dealkylation sites (tertiary alicyclic amines) is 1. The van der Waals surface area contributed by atoms with Crippen molar-refractivity contribution in [2.45, 2.75) is 6.42 Å². The van der Waals surface area contributed by atoms with Crippen LogP contribution in [0.15, 0.2) is 24.3 Å². The molecule has 0 unspecified atom stereocenters. The van der Waals surface area contributed by atoms with Crippen LogP contribution in [-0.4, -0.2) is 43.6 Å². The molecule has 2 aliphatic heterocycles. The highest BCUT2D eigenvalue weighted by molar-refractivity contribution is 6.32. The second-order valence-electron chi connectivity index (χ2n) is 5.51. The molecule has 21 heavy (non-hydrogen) atoms. The van der Waals surface area contributed by atoms with Crippen molar-refractivity contribution in [2.24, 2.45) is 11.8 Å². The molecule has 0 saturated carbocycles. The van der Waals surface area contributed by atoms with Crippen molar-refractivity contribution in [3.05, 3.63) is 29.3 Å². The maximum atomic E-state index is 12.1. The van der Waals surface area contributed by atoms with Crippen LogP contribution in [0.3, 0.4) is 0 Å². The molecular formula is C15H20Cl2N2O2. The number of amides is 1. The third-order valence-corrected chi connectivity index (χ3v) is 4.46. The van der Waals surface area contributed by atoms with Gasteiger partial charge in [0.05, 0.1) is 18.1 Å². The molecule has 1 aromatic carbocycles. The Morgan fingerprint density at radius 1 is 1.29 bits per heavy atom. The molecule has 116 valence electrons. The number of hydrogen-bond acceptors (Lipinski definition) is 3. The van der Waals surface area contributed by atoms with E-state index >= 15 is 0 Å². The summed E-state index contributed by atoms with van der Waals surface area (Å²) >= 11 is 6.00. The maximum Gasteiger partial charge on any atom is 0.226 e. The number of para-hydroxylation sites is 1. The lowest BCUT2D eigenvalue weighted by atomic mass is 10.0. The van der Waals surface area contributed by atoms with Crippen molar-refractivity contribution in [3.63, 3.8) is 0 Å². The normalized spacial score (nSPS) is 23.6. The lowest BCUT2D eigenvalue weighted by Gasteiger charge is -2.17. The summed E-state index contributed by atoms with van der Waals surface area (Å²) in [5.41, 5.74) is 0. The van der Waals surface area contributed by atoms with Gasteiger partial charge in [0, 0.05) is 26.2 Å². The fourth-order valence-corrected chi connectivity index (χ4v) is 3.22. The summed E-state index contributed by atoms with van der Waals surface area (Å²) in [4.78, 5) is 14.1. The number of halogens is 2. The van der Waals surface area contributed by atoms with Crippen LogP contribution < -0.4 is 10.1 Å². The molecule has 4 nitrogen and oxygen atoms in total. The molecule has 0 bridgehead atoms. The largest absolute Gasteiger partial charge is 0.491 e. The van der Waals surface area contributed by atoms with Gasteiger partial charge in [0.15, 0.2) is 0 Å². The Balaban J connectivity index is 0.00000161. The van der Waals surface area contributed by atoms with Gasteiger partial charge in [0.1, 0.15) is 5.75 Å². The average molecular weight is 331 g/mol. The lowest BCUT2D eigenvalue weighted by molar-refractivity contribution is -0.130. The van der Waals surface area contributed by atoms with E-state index in [1.807, 2.05) is 23.1 Å². The fraction of sp³-hybridized carbons (Fsp3) is 0.533. The first-order valence-corrected chi connectivity index (χ1v) is 7.47. The maximum absolute atomic E-state index is 12.1. The zero-order valence-electron chi connectivity index (χ0n) is 11.8. The number of ether oxygens (including phenoxy) is 1. The number of hydrogen-bond donors (Lipinski definition) is 1. The quantitative estimate of drug-likeness (QED) is 0.920. The Labute approximate surface area is 136 Å². The van der Waals surface area contributed by atoms with Crippen LogP contribution in [0.5, 0.6) is 5.75 Å². The first-order chi connectivity index (χ1) is 9.74. The highest BCUT2D eigenvalue weighted by Gasteiger charge is 2.37. The number of nitrogens with zero attached hydrogens (tertiary/aromatic N) is 1. The summed E-state index contributed by atoms with van der Waals surface area (Å²) in [7, 11) is 0. The van der Waals surface area contributed by atoms with E-state index in [2.05, 4.69) is 5.32 Å². The van der Waals surface area contributed by atoms with E-state index in [9.17, 15) is 4.79 Å². The third kappa shape index (κ3) is 3.82. The molecule has 3 rings (SSSR count). The summed E-state index contributed by atoms with van der Waals surface area (Å²) < 4.78 is 5.57. The van der Waals surface area contributed by atoms with E-state index in [4.69, 9.17) is 16.3 Å². The van der Waals surface area contributed by atoms with E-state index in [1.54, 1.807) is 6.07 Å². The van der Waals surface area contributed by atoms with Crippen molar-refractivity contribution >= 4 is 29.9 Å². The minimum atomic E-state index is 0. The second kappa shape index (κ2) is 7.34. The molecular weight excluding hydrogens is 311 g/mol. The van der Waals surface area contributed by atoms with Gasteiger partial charge in [0.2, 0.25) is 5.91 Å². The Morgan fingerprint density at radius 3 is 2.62 bits per heavy atom. The van der Waals surface area contributed by atoms with Crippen molar-refractivity contribution < 1.29 is 9.53 Å². The number of carbonyl (C=O) groups excluding carboxylic acids is 1. The molecule has 1 aromatic rings. The highest BCUT2D eigenvalue weighted by Crippen LogP contribution is 2.27. The zero-order valence-corrected chi connectivity index (χ0v) is 13.3. The van der Waals surface area contributed by atoms with Gasteiger partial charge in [-0.3, -0.25) is 4.79 Å². The van der Waals surface area contributed by atoms with Gasteiger partial charge in [-0.1, -0.05) is 23.7 Å². The summed E-state index contributed by atoms with van der Waals surface area (Å²) in [6.45, 7) is 4.26. The van der Waals surface area contributed by atoms with Crippen LogP contribution >= 0.6 is 24.0 Å². The summed E-state index contributed by atoms with van der Waals surface area (Å²) in [6, 6.07) is 7.33. The third-order valence-electron chi connectivity index (χ3n) is 4.15. The van der Waals surface area contributed by atoms with Crippen LogP contribution in [0.2, 0.25) is 5.02 Å². The Morgan fingerprint density at radius 2 is 1.95 bits per heavy atom. The smallest absolute Gasteiger partial charge is 0.226 e. The Hall–Kier alpha value is -0.970. The second-order valence-corrected chi connectivity index (χ2v) is 5.91. The molecule has 2 aliphatic rings. The minimum Gasteiger partial charge on any atom is -0.491 e. The first kappa shape index (κ1) is 16.4. The lowest BCUT2D eigenvalue weighted by Crippen LogP contribution is -2.32. The molecule has 6 heteroatoms. The monoisotopic (exact) mass is 330 g/mol. The molecule has 0 spiro atoms. The van der Waals surface area contributed by atoms with Gasteiger partial charge < -0.3 is 15.0 Å². The molecule has 2 atom stereocenters. The van der Waals surface area contributed by atoms with Crippen molar-refractivity contribution in [2.75, 3.05) is 32.8 Å². The number of carbonyl (C=O) groups is 1. The highest BCUT2D eigenvalue weighted by atomic mass is 35.5. The van der Waals surface area contributed by atoms with Gasteiger partial charge in [-0.2, -0.15) is 0 Å². The molecule has 1 amide bonds. The fourth-order valence-electron chi connectivity index (χ4n) is 3.03. The molecule has 0 aliphatic carbocycles. The van der Waals surface area contributed by atoms with Crippen LogP contribution in [0.4, 0.5) is 0 Å². The van der Waals surface area contributed by atoms with Crippen molar-refractivity contribution in [1.82, 2.24) is 10.2 Å². The summed E-state index contributed by atoms with van der Waals surface area (Å²) in [5, 5.41) is 3.96. The molecule has 2 heterocycles. The minimum absolute atomic E-state index is 0. The number of benzene rings is 1. The van der Waals surface area contributed by atoms with Gasteiger partial charge >= 0.3 is 0 Å². The van der Waals surface area contributed by atoms with E-state index < -0.39 is 0 Å². The molecule has 1 N–H and O–H groups in total. The van der Waals surface area contributed by atoms with Crippen molar-refractivity contribution in [1.29, 1.82) is 0 Å². The van der Waals surface area contributed by atoms with E-state index in [0.717, 1.165) is 26.2 Å². The van der Waals surface area contributed by atoms with Crippen molar-refractivity contribution in [3.8, 4) is 5.75 Å². The standard InChI is InChI=1S/C15H19ClN2O2.ClH/c16-13-3-1-2-4-14(13)20-6-5-15(19)18-9-11-7-17-8-12(11)10-18;/h1-4,11-12,17H,5-10H2;1H/t11-,12+;. The van der Waals surface area contributed by atoms with Gasteiger partial charge in [-0.25, -0.2) is 0 Å². The average Bonchev–Trinajstić information content (AvgIpc) is 3.01. The predicted molar refractivity (Wildman–Crippen MR) is 85.2 cm³/mol.